The first-order valence-electron chi connectivity index (χ1n) is 10.3. The zero-order valence-electron chi connectivity index (χ0n) is 16.8. The van der Waals surface area contributed by atoms with Gasteiger partial charge in [-0.1, -0.05) is 19.6 Å². The van der Waals surface area contributed by atoms with Crippen molar-refractivity contribution in [1.29, 1.82) is 0 Å². The minimum Gasteiger partial charge on any atom is -0.497 e. The van der Waals surface area contributed by atoms with Gasteiger partial charge in [-0.25, -0.2) is 4.79 Å². The summed E-state index contributed by atoms with van der Waals surface area (Å²) in [5, 5.41) is 0. The maximum Gasteiger partial charge on any atom is 0.490 e. The van der Waals surface area contributed by atoms with E-state index < -0.39 is 23.2 Å². The Morgan fingerprint density at radius 2 is 2.00 bits per heavy atom. The lowest BCUT2D eigenvalue weighted by Crippen LogP contribution is -2.53. The molecule has 2 saturated carbocycles. The summed E-state index contributed by atoms with van der Waals surface area (Å²) in [5.41, 5.74) is 0.870. The van der Waals surface area contributed by atoms with E-state index in [9.17, 15) is 18.0 Å². The highest BCUT2D eigenvalue weighted by atomic mass is 19.4. The SMILES string of the molecule is C=C[C@@]1(OC(=O)C(F)(F)F)CC[C@H]2[C@@H]3CCc4cc(OC)ccc4[C@H]3CC[C@@]21C. The molecule has 3 nitrogen and oxygen atoms in total. The van der Waals surface area contributed by atoms with Gasteiger partial charge < -0.3 is 9.47 Å². The van der Waals surface area contributed by atoms with Gasteiger partial charge in [0.2, 0.25) is 0 Å². The van der Waals surface area contributed by atoms with Crippen LogP contribution in [0.4, 0.5) is 13.2 Å². The van der Waals surface area contributed by atoms with Crippen LogP contribution in [-0.4, -0.2) is 24.9 Å². The van der Waals surface area contributed by atoms with Gasteiger partial charge in [-0.05, 0) is 85.6 Å². The van der Waals surface area contributed by atoms with Gasteiger partial charge in [-0.3, -0.25) is 0 Å². The summed E-state index contributed by atoms with van der Waals surface area (Å²) in [5.74, 6) is -0.283. The normalized spacial score (nSPS) is 35.8. The van der Waals surface area contributed by atoms with E-state index in [1.54, 1.807) is 7.11 Å². The Morgan fingerprint density at radius 1 is 1.24 bits per heavy atom. The number of aryl methyl sites for hydroxylation is 1. The highest BCUT2D eigenvalue weighted by molar-refractivity contribution is 5.76. The van der Waals surface area contributed by atoms with Gasteiger partial charge in [0.15, 0.2) is 0 Å². The van der Waals surface area contributed by atoms with Crippen LogP contribution >= 0.6 is 0 Å². The third-order valence-electron chi connectivity index (χ3n) is 7.95. The van der Waals surface area contributed by atoms with E-state index in [1.807, 2.05) is 13.0 Å². The van der Waals surface area contributed by atoms with Crippen LogP contribution in [0.5, 0.6) is 5.75 Å². The molecule has 4 rings (SSSR count). The number of esters is 1. The number of hydrogen-bond donors (Lipinski definition) is 0. The molecule has 5 atom stereocenters. The number of fused-ring (bicyclic) bond motifs is 5. The second kappa shape index (κ2) is 6.78. The standard InChI is InChI=1S/C23H27F3O3/c1-4-22(29-20(27)23(24,25)26)12-10-19-18-7-5-14-13-15(28-3)6-8-16(14)17(18)9-11-21(19,22)2/h4,6,8,13,17-19H,1,5,7,9-12H2,2-3H3/t17-,18-,19+,21+,22-/m1/s1. The monoisotopic (exact) mass is 408 g/mol. The van der Waals surface area contributed by atoms with Crippen LogP contribution in [-0.2, 0) is 16.0 Å². The predicted octanol–water partition coefficient (Wildman–Crippen LogP) is 5.58. The first-order chi connectivity index (χ1) is 13.6. The van der Waals surface area contributed by atoms with Crippen molar-refractivity contribution in [2.75, 3.05) is 7.11 Å². The lowest BCUT2D eigenvalue weighted by Gasteiger charge is -2.53. The Morgan fingerprint density at radius 3 is 2.66 bits per heavy atom. The molecule has 1 aromatic carbocycles. The topological polar surface area (TPSA) is 35.5 Å². The first kappa shape index (κ1) is 20.3. The van der Waals surface area contributed by atoms with E-state index in [0.29, 0.717) is 24.7 Å². The van der Waals surface area contributed by atoms with Crippen molar-refractivity contribution in [2.45, 2.75) is 63.1 Å². The largest absolute Gasteiger partial charge is 0.497 e. The molecule has 6 heteroatoms. The molecule has 2 fully saturated rings. The second-order valence-electron chi connectivity index (χ2n) is 8.96. The minimum atomic E-state index is -5.00. The molecular formula is C23H27F3O3. The van der Waals surface area contributed by atoms with Gasteiger partial charge in [0.05, 0.1) is 7.11 Å². The number of rotatable bonds is 3. The Labute approximate surface area is 169 Å². The van der Waals surface area contributed by atoms with Crippen LogP contribution in [0, 0.1) is 17.3 Å². The molecule has 3 aliphatic carbocycles. The quantitative estimate of drug-likeness (QED) is 0.484. The average Bonchev–Trinajstić information content (AvgIpc) is 2.99. The average molecular weight is 408 g/mol. The van der Waals surface area contributed by atoms with Crippen LogP contribution in [0.1, 0.15) is 56.1 Å². The molecule has 29 heavy (non-hydrogen) atoms. The lowest BCUT2D eigenvalue weighted by atomic mass is 9.53. The number of carbonyl (C=O) groups is 1. The fraction of sp³-hybridized carbons (Fsp3) is 0.609. The highest BCUT2D eigenvalue weighted by Gasteiger charge is 2.64. The van der Waals surface area contributed by atoms with Crippen molar-refractivity contribution >= 4 is 5.97 Å². The Hall–Kier alpha value is -1.98. The third-order valence-corrected chi connectivity index (χ3v) is 7.95. The first-order valence-corrected chi connectivity index (χ1v) is 10.3. The lowest BCUT2D eigenvalue weighted by molar-refractivity contribution is -0.220. The summed E-state index contributed by atoms with van der Waals surface area (Å²) < 4.78 is 49.3. The molecule has 0 N–H and O–H groups in total. The van der Waals surface area contributed by atoms with Crippen LogP contribution in [0.3, 0.4) is 0 Å². The van der Waals surface area contributed by atoms with Crippen LogP contribution in [0.2, 0.25) is 0 Å². The minimum absolute atomic E-state index is 0.204. The number of hydrogen-bond acceptors (Lipinski definition) is 3. The van der Waals surface area contributed by atoms with Crippen molar-refractivity contribution in [3.05, 3.63) is 42.0 Å². The van der Waals surface area contributed by atoms with E-state index >= 15 is 0 Å². The van der Waals surface area contributed by atoms with Crippen molar-refractivity contribution in [2.24, 2.45) is 17.3 Å². The smallest absolute Gasteiger partial charge is 0.490 e. The molecule has 0 bridgehead atoms. The van der Waals surface area contributed by atoms with Crippen molar-refractivity contribution in [3.8, 4) is 5.75 Å². The Balaban J connectivity index is 1.64. The molecule has 0 aliphatic heterocycles. The highest BCUT2D eigenvalue weighted by Crippen LogP contribution is 2.65. The van der Waals surface area contributed by atoms with E-state index in [2.05, 4.69) is 18.7 Å². The number of methoxy groups -OCH3 is 1. The van der Waals surface area contributed by atoms with Gasteiger partial charge in [0, 0.05) is 5.41 Å². The summed E-state index contributed by atoms with van der Waals surface area (Å²) in [4.78, 5) is 11.7. The Kier molecular flexibility index (Phi) is 4.74. The summed E-state index contributed by atoms with van der Waals surface area (Å²) in [6, 6.07) is 6.24. The van der Waals surface area contributed by atoms with Crippen LogP contribution in [0.15, 0.2) is 30.9 Å². The van der Waals surface area contributed by atoms with Crippen LogP contribution < -0.4 is 4.74 Å². The maximum absolute atomic E-state index is 12.9. The van der Waals surface area contributed by atoms with Gasteiger partial charge in [0.1, 0.15) is 11.4 Å². The molecular weight excluding hydrogens is 381 g/mol. The summed E-state index contributed by atoms with van der Waals surface area (Å²) >= 11 is 0. The zero-order chi connectivity index (χ0) is 21.0. The van der Waals surface area contributed by atoms with Crippen molar-refractivity contribution in [1.82, 2.24) is 0 Å². The summed E-state index contributed by atoms with van der Waals surface area (Å²) in [6.45, 7) is 5.78. The zero-order valence-corrected chi connectivity index (χ0v) is 16.8. The molecule has 158 valence electrons. The van der Waals surface area contributed by atoms with E-state index in [1.165, 1.54) is 17.2 Å². The van der Waals surface area contributed by atoms with Crippen LogP contribution in [0.25, 0.3) is 0 Å². The third kappa shape index (κ3) is 2.98. The molecule has 0 saturated heterocycles. The summed E-state index contributed by atoms with van der Waals surface area (Å²) in [7, 11) is 1.66. The molecule has 0 amide bonds. The molecule has 3 aliphatic rings. The number of benzene rings is 1. The molecule has 0 spiro atoms. The fourth-order valence-electron chi connectivity index (χ4n) is 6.49. The maximum atomic E-state index is 12.9. The number of halogens is 3. The molecule has 1 aromatic rings. The molecule has 0 heterocycles. The van der Waals surface area contributed by atoms with E-state index in [-0.39, 0.29) is 5.92 Å². The van der Waals surface area contributed by atoms with Gasteiger partial charge in [0.25, 0.3) is 0 Å². The molecule has 0 aromatic heterocycles. The Bertz CT molecular complexity index is 833. The van der Waals surface area contributed by atoms with Gasteiger partial charge >= 0.3 is 12.1 Å². The number of alkyl halides is 3. The number of carbonyl (C=O) groups excluding carboxylic acids is 1. The van der Waals surface area contributed by atoms with E-state index in [4.69, 9.17) is 9.47 Å². The molecule has 0 radical (unpaired) electrons. The van der Waals surface area contributed by atoms with Crippen molar-refractivity contribution in [3.63, 3.8) is 0 Å². The molecule has 0 unspecified atom stereocenters. The van der Waals surface area contributed by atoms with Gasteiger partial charge in [-0.2, -0.15) is 13.2 Å². The summed E-state index contributed by atoms with van der Waals surface area (Å²) in [6.07, 6.45) is 1.12. The fourth-order valence-corrected chi connectivity index (χ4v) is 6.49. The van der Waals surface area contributed by atoms with E-state index in [0.717, 1.165) is 31.4 Å². The predicted molar refractivity (Wildman–Crippen MR) is 103 cm³/mol. The van der Waals surface area contributed by atoms with Gasteiger partial charge in [-0.15, -0.1) is 0 Å². The number of ether oxygens (including phenoxy) is 2. The van der Waals surface area contributed by atoms with Crippen molar-refractivity contribution < 1.29 is 27.4 Å². The second-order valence-corrected chi connectivity index (χ2v) is 8.96.